The highest BCUT2D eigenvalue weighted by Crippen LogP contribution is 2.20. The molecule has 3 nitrogen and oxygen atoms in total. The molecule has 0 radical (unpaired) electrons. The molecule has 0 atom stereocenters. The molecule has 0 spiro atoms. The molecule has 3 heteroatoms. The third-order valence-corrected chi connectivity index (χ3v) is 2.99. The zero-order chi connectivity index (χ0) is 13.0. The summed E-state index contributed by atoms with van der Waals surface area (Å²) in [5, 5.41) is 12.7. The fourth-order valence-corrected chi connectivity index (χ4v) is 2.04. The molecule has 0 aliphatic rings. The van der Waals surface area contributed by atoms with E-state index in [1.807, 2.05) is 13.0 Å². The van der Waals surface area contributed by atoms with Crippen LogP contribution in [0.15, 0.2) is 36.7 Å². The minimum Gasteiger partial charge on any atom is -0.508 e. The van der Waals surface area contributed by atoms with Gasteiger partial charge in [-0.1, -0.05) is 6.92 Å². The lowest BCUT2D eigenvalue weighted by molar-refractivity contribution is 0.475. The summed E-state index contributed by atoms with van der Waals surface area (Å²) < 4.78 is 2.21. The standard InChI is InChI=1S/C15H20N2O/c1-3-7-17-8-6-13(11-17)10-16-15-5-4-14(18)9-12(15)2/h4-6,8-9,11,16,18H,3,7,10H2,1-2H3. The maximum atomic E-state index is 9.35. The predicted octanol–water partition coefficient (Wildman–Crippen LogP) is 3.52. The summed E-state index contributed by atoms with van der Waals surface area (Å²) in [4.78, 5) is 0. The normalized spacial score (nSPS) is 10.6. The Morgan fingerprint density at radius 2 is 2.11 bits per heavy atom. The molecular formula is C15H20N2O. The first-order valence-corrected chi connectivity index (χ1v) is 6.37. The van der Waals surface area contributed by atoms with Gasteiger partial charge in [0.05, 0.1) is 0 Å². The molecule has 2 rings (SSSR count). The molecule has 0 aliphatic heterocycles. The van der Waals surface area contributed by atoms with Crippen molar-refractivity contribution in [2.75, 3.05) is 5.32 Å². The predicted molar refractivity (Wildman–Crippen MR) is 74.9 cm³/mol. The van der Waals surface area contributed by atoms with Gasteiger partial charge in [0.2, 0.25) is 0 Å². The molecule has 96 valence electrons. The molecule has 1 aromatic heterocycles. The summed E-state index contributed by atoms with van der Waals surface area (Å²) in [7, 11) is 0. The number of anilines is 1. The summed E-state index contributed by atoms with van der Waals surface area (Å²) >= 11 is 0. The van der Waals surface area contributed by atoms with E-state index in [1.54, 1.807) is 12.1 Å². The first-order valence-electron chi connectivity index (χ1n) is 6.37. The van der Waals surface area contributed by atoms with Gasteiger partial charge in [-0.15, -0.1) is 0 Å². The van der Waals surface area contributed by atoms with Crippen LogP contribution in [0.2, 0.25) is 0 Å². The summed E-state index contributed by atoms with van der Waals surface area (Å²) in [6.45, 7) is 6.04. The molecule has 2 aromatic rings. The van der Waals surface area contributed by atoms with E-state index < -0.39 is 0 Å². The van der Waals surface area contributed by atoms with Crippen LogP contribution in [-0.2, 0) is 13.1 Å². The van der Waals surface area contributed by atoms with Crippen molar-refractivity contribution in [3.05, 3.63) is 47.8 Å². The Balaban J connectivity index is 1.97. The molecule has 2 N–H and O–H groups in total. The highest BCUT2D eigenvalue weighted by molar-refractivity contribution is 5.53. The van der Waals surface area contributed by atoms with Crippen molar-refractivity contribution in [2.45, 2.75) is 33.4 Å². The SMILES string of the molecule is CCCn1ccc(CNc2ccc(O)cc2C)c1. The topological polar surface area (TPSA) is 37.2 Å². The molecule has 0 saturated carbocycles. The number of nitrogens with zero attached hydrogens (tertiary/aromatic N) is 1. The highest BCUT2D eigenvalue weighted by Gasteiger charge is 2.00. The van der Waals surface area contributed by atoms with Gasteiger partial charge in [0.15, 0.2) is 0 Å². The summed E-state index contributed by atoms with van der Waals surface area (Å²) in [5.41, 5.74) is 3.40. The largest absolute Gasteiger partial charge is 0.508 e. The van der Waals surface area contributed by atoms with Gasteiger partial charge in [0.25, 0.3) is 0 Å². The van der Waals surface area contributed by atoms with Crippen LogP contribution in [0.5, 0.6) is 5.75 Å². The molecule has 0 saturated heterocycles. The van der Waals surface area contributed by atoms with Crippen LogP contribution >= 0.6 is 0 Å². The Bertz CT molecular complexity index is 517. The van der Waals surface area contributed by atoms with Gasteiger partial charge in [-0.2, -0.15) is 0 Å². The average molecular weight is 244 g/mol. The Hall–Kier alpha value is -1.90. The van der Waals surface area contributed by atoms with Crippen molar-refractivity contribution in [3.63, 3.8) is 0 Å². The fourth-order valence-electron chi connectivity index (χ4n) is 2.04. The van der Waals surface area contributed by atoms with E-state index in [0.29, 0.717) is 5.75 Å². The third kappa shape index (κ3) is 3.06. The van der Waals surface area contributed by atoms with Gasteiger partial charge >= 0.3 is 0 Å². The maximum Gasteiger partial charge on any atom is 0.115 e. The van der Waals surface area contributed by atoms with Crippen LogP contribution in [0.4, 0.5) is 5.69 Å². The van der Waals surface area contributed by atoms with E-state index in [1.165, 1.54) is 5.56 Å². The highest BCUT2D eigenvalue weighted by atomic mass is 16.3. The van der Waals surface area contributed by atoms with Crippen molar-refractivity contribution in [2.24, 2.45) is 0 Å². The van der Waals surface area contributed by atoms with Crippen LogP contribution in [0, 0.1) is 6.92 Å². The Morgan fingerprint density at radius 3 is 2.83 bits per heavy atom. The van der Waals surface area contributed by atoms with Crippen LogP contribution < -0.4 is 5.32 Å². The second-order valence-corrected chi connectivity index (χ2v) is 4.61. The van der Waals surface area contributed by atoms with Crippen LogP contribution in [0.3, 0.4) is 0 Å². The van der Waals surface area contributed by atoms with Crippen molar-refractivity contribution in [3.8, 4) is 5.75 Å². The molecule has 18 heavy (non-hydrogen) atoms. The van der Waals surface area contributed by atoms with E-state index in [0.717, 1.165) is 30.8 Å². The number of aromatic hydroxyl groups is 1. The third-order valence-electron chi connectivity index (χ3n) is 2.99. The lowest BCUT2D eigenvalue weighted by Gasteiger charge is -2.08. The molecule has 0 amide bonds. The van der Waals surface area contributed by atoms with E-state index in [4.69, 9.17) is 0 Å². The lowest BCUT2D eigenvalue weighted by atomic mass is 10.2. The zero-order valence-corrected chi connectivity index (χ0v) is 11.0. The first kappa shape index (κ1) is 12.6. The number of aryl methyl sites for hydroxylation is 2. The van der Waals surface area contributed by atoms with Crippen LogP contribution in [-0.4, -0.2) is 9.67 Å². The van der Waals surface area contributed by atoms with Crippen molar-refractivity contribution in [1.82, 2.24) is 4.57 Å². The average Bonchev–Trinajstić information content (AvgIpc) is 2.76. The number of aromatic nitrogens is 1. The zero-order valence-electron chi connectivity index (χ0n) is 11.0. The Labute approximate surface area is 108 Å². The number of benzene rings is 1. The van der Waals surface area contributed by atoms with Crippen molar-refractivity contribution >= 4 is 5.69 Å². The number of hydrogen-bond donors (Lipinski definition) is 2. The van der Waals surface area contributed by atoms with Gasteiger partial charge in [0.1, 0.15) is 5.75 Å². The smallest absolute Gasteiger partial charge is 0.115 e. The molecule has 0 unspecified atom stereocenters. The second-order valence-electron chi connectivity index (χ2n) is 4.61. The summed E-state index contributed by atoms with van der Waals surface area (Å²) in [6.07, 6.45) is 5.44. The minimum absolute atomic E-state index is 0.312. The fraction of sp³-hybridized carbons (Fsp3) is 0.333. The van der Waals surface area contributed by atoms with Gasteiger partial charge in [-0.05, 0) is 48.7 Å². The van der Waals surface area contributed by atoms with Crippen molar-refractivity contribution in [1.29, 1.82) is 0 Å². The molecule has 1 heterocycles. The van der Waals surface area contributed by atoms with Crippen LogP contribution in [0.1, 0.15) is 24.5 Å². The van der Waals surface area contributed by atoms with E-state index in [9.17, 15) is 5.11 Å². The monoisotopic (exact) mass is 244 g/mol. The van der Waals surface area contributed by atoms with Crippen molar-refractivity contribution < 1.29 is 5.11 Å². The molecule has 1 aromatic carbocycles. The van der Waals surface area contributed by atoms with E-state index in [2.05, 4.69) is 35.3 Å². The second kappa shape index (κ2) is 5.63. The quantitative estimate of drug-likeness (QED) is 0.790. The van der Waals surface area contributed by atoms with E-state index >= 15 is 0 Å². The number of nitrogens with one attached hydrogen (secondary N) is 1. The molecule has 0 aliphatic carbocycles. The van der Waals surface area contributed by atoms with Gasteiger partial charge < -0.3 is 15.0 Å². The maximum absolute atomic E-state index is 9.35. The molecule has 0 bridgehead atoms. The number of rotatable bonds is 5. The number of hydrogen-bond acceptors (Lipinski definition) is 2. The van der Waals surface area contributed by atoms with Gasteiger partial charge in [-0.3, -0.25) is 0 Å². The minimum atomic E-state index is 0.312. The number of phenolic OH excluding ortho intramolecular Hbond substituents is 1. The molecular weight excluding hydrogens is 224 g/mol. The number of phenols is 1. The van der Waals surface area contributed by atoms with Gasteiger partial charge in [-0.25, -0.2) is 0 Å². The molecule has 0 fully saturated rings. The van der Waals surface area contributed by atoms with Gasteiger partial charge in [0, 0.05) is 31.2 Å². The van der Waals surface area contributed by atoms with E-state index in [-0.39, 0.29) is 0 Å². The first-order chi connectivity index (χ1) is 8.69. The summed E-state index contributed by atoms with van der Waals surface area (Å²) in [6, 6.07) is 7.52. The summed E-state index contributed by atoms with van der Waals surface area (Å²) in [5.74, 6) is 0.312. The Morgan fingerprint density at radius 1 is 1.28 bits per heavy atom. The Kier molecular flexibility index (Phi) is 3.92. The van der Waals surface area contributed by atoms with Crippen LogP contribution in [0.25, 0.3) is 0 Å². The lowest BCUT2D eigenvalue weighted by Crippen LogP contribution is -2.00.